The zero-order valence-electron chi connectivity index (χ0n) is 20.6. The number of carbonyl (C=O) groups excluding carboxylic acids is 2. The van der Waals surface area contributed by atoms with E-state index in [0.717, 1.165) is 18.2 Å². The van der Waals surface area contributed by atoms with Crippen molar-refractivity contribution in [3.05, 3.63) is 97.6 Å². The van der Waals surface area contributed by atoms with Crippen LogP contribution in [0.4, 0.5) is 17.1 Å². The van der Waals surface area contributed by atoms with Gasteiger partial charge in [-0.2, -0.15) is 5.26 Å². The van der Waals surface area contributed by atoms with Crippen molar-refractivity contribution < 1.29 is 33.6 Å². The molecule has 3 aromatic carbocycles. The van der Waals surface area contributed by atoms with E-state index in [-0.39, 0.29) is 35.0 Å². The molecular formula is C26H20N4O9. The molecule has 0 aliphatic carbocycles. The fourth-order valence-corrected chi connectivity index (χ4v) is 3.26. The number of nitrogens with one attached hydrogen (secondary N) is 1. The summed E-state index contributed by atoms with van der Waals surface area (Å²) in [6, 6.07) is 15.0. The summed E-state index contributed by atoms with van der Waals surface area (Å²) in [4.78, 5) is 45.1. The van der Waals surface area contributed by atoms with Crippen molar-refractivity contribution in [2.45, 2.75) is 6.92 Å². The predicted octanol–water partition coefficient (Wildman–Crippen LogP) is 5.03. The second-order valence-electron chi connectivity index (χ2n) is 7.60. The molecule has 3 aromatic rings. The highest BCUT2D eigenvalue weighted by molar-refractivity contribution is 6.09. The second-order valence-corrected chi connectivity index (χ2v) is 7.60. The first-order valence-corrected chi connectivity index (χ1v) is 11.2. The van der Waals surface area contributed by atoms with Crippen molar-refractivity contribution in [1.82, 2.24) is 0 Å². The van der Waals surface area contributed by atoms with Crippen LogP contribution in [0.15, 0.2) is 66.2 Å². The van der Waals surface area contributed by atoms with Gasteiger partial charge in [0.05, 0.1) is 35.2 Å². The highest BCUT2D eigenvalue weighted by atomic mass is 16.6. The molecule has 13 nitrogen and oxygen atoms in total. The first-order valence-electron chi connectivity index (χ1n) is 11.2. The van der Waals surface area contributed by atoms with Crippen LogP contribution in [0, 0.1) is 31.6 Å². The lowest BCUT2D eigenvalue weighted by atomic mass is 10.1. The molecular weight excluding hydrogens is 512 g/mol. The third kappa shape index (κ3) is 6.92. The summed E-state index contributed by atoms with van der Waals surface area (Å²) in [7, 11) is 1.25. The maximum atomic E-state index is 12.7. The Kier molecular flexibility index (Phi) is 8.88. The topological polar surface area (TPSA) is 184 Å². The van der Waals surface area contributed by atoms with Gasteiger partial charge in [-0.25, -0.2) is 4.79 Å². The SMILES string of the molecule is CCOc1cc(/C=C(\C#N)C(=O)Nc2ccc(C(=O)OC)cc2)ccc1Oc1ccc([N+](=O)[O-])cc1[N+](=O)[O-]. The van der Waals surface area contributed by atoms with Crippen LogP contribution in [0.25, 0.3) is 6.08 Å². The Morgan fingerprint density at radius 3 is 2.26 bits per heavy atom. The first kappa shape index (κ1) is 27.8. The molecule has 0 saturated carbocycles. The molecule has 0 bridgehead atoms. The van der Waals surface area contributed by atoms with Crippen molar-refractivity contribution in [1.29, 1.82) is 5.26 Å². The normalized spacial score (nSPS) is 10.6. The van der Waals surface area contributed by atoms with E-state index in [1.54, 1.807) is 6.92 Å². The summed E-state index contributed by atoms with van der Waals surface area (Å²) >= 11 is 0. The molecule has 198 valence electrons. The van der Waals surface area contributed by atoms with Gasteiger partial charge in [0.2, 0.25) is 5.75 Å². The van der Waals surface area contributed by atoms with E-state index >= 15 is 0 Å². The number of ether oxygens (including phenoxy) is 3. The summed E-state index contributed by atoms with van der Waals surface area (Å²) < 4.78 is 15.8. The van der Waals surface area contributed by atoms with Crippen LogP contribution >= 0.6 is 0 Å². The van der Waals surface area contributed by atoms with Crippen LogP contribution in [0.2, 0.25) is 0 Å². The number of nitro benzene ring substituents is 2. The Morgan fingerprint density at radius 2 is 1.67 bits per heavy atom. The van der Waals surface area contributed by atoms with Crippen molar-refractivity contribution in [2.24, 2.45) is 0 Å². The van der Waals surface area contributed by atoms with E-state index in [0.29, 0.717) is 11.3 Å². The summed E-state index contributed by atoms with van der Waals surface area (Å²) in [6.07, 6.45) is 1.30. The molecule has 13 heteroatoms. The number of hydrogen-bond donors (Lipinski definition) is 1. The van der Waals surface area contributed by atoms with Crippen molar-refractivity contribution in [3.63, 3.8) is 0 Å². The lowest BCUT2D eigenvalue weighted by molar-refractivity contribution is -0.394. The lowest BCUT2D eigenvalue weighted by Crippen LogP contribution is -2.13. The minimum Gasteiger partial charge on any atom is -0.490 e. The van der Waals surface area contributed by atoms with E-state index in [1.807, 2.05) is 6.07 Å². The van der Waals surface area contributed by atoms with Gasteiger partial charge in [0.1, 0.15) is 11.6 Å². The zero-order valence-corrected chi connectivity index (χ0v) is 20.6. The van der Waals surface area contributed by atoms with Gasteiger partial charge >= 0.3 is 11.7 Å². The maximum absolute atomic E-state index is 12.7. The fourth-order valence-electron chi connectivity index (χ4n) is 3.26. The summed E-state index contributed by atoms with van der Waals surface area (Å²) in [5.41, 5.74) is -0.306. The molecule has 0 unspecified atom stereocenters. The van der Waals surface area contributed by atoms with Gasteiger partial charge in [0.25, 0.3) is 11.6 Å². The van der Waals surface area contributed by atoms with Crippen molar-refractivity contribution in [2.75, 3.05) is 19.0 Å². The number of non-ortho nitro benzene ring substituents is 1. The van der Waals surface area contributed by atoms with Gasteiger partial charge in [0, 0.05) is 11.8 Å². The third-order valence-electron chi connectivity index (χ3n) is 5.08. The molecule has 0 aromatic heterocycles. The van der Waals surface area contributed by atoms with E-state index in [1.165, 1.54) is 55.7 Å². The van der Waals surface area contributed by atoms with Gasteiger partial charge in [-0.1, -0.05) is 6.07 Å². The van der Waals surface area contributed by atoms with E-state index in [4.69, 9.17) is 9.47 Å². The number of nitro groups is 2. The van der Waals surface area contributed by atoms with E-state index in [9.17, 15) is 35.1 Å². The van der Waals surface area contributed by atoms with Gasteiger partial charge in [-0.15, -0.1) is 0 Å². The molecule has 0 fully saturated rings. The number of amides is 1. The molecule has 39 heavy (non-hydrogen) atoms. The average Bonchev–Trinajstić information content (AvgIpc) is 2.92. The van der Waals surface area contributed by atoms with Gasteiger partial charge in [0.15, 0.2) is 11.5 Å². The number of hydrogen-bond acceptors (Lipinski definition) is 10. The average molecular weight is 532 g/mol. The van der Waals surface area contributed by atoms with Gasteiger partial charge in [-0.3, -0.25) is 25.0 Å². The second kappa shape index (κ2) is 12.5. The molecule has 0 heterocycles. The Balaban J connectivity index is 1.87. The third-order valence-corrected chi connectivity index (χ3v) is 5.08. The number of nitriles is 1. The maximum Gasteiger partial charge on any atom is 0.337 e. The quantitative estimate of drug-likeness (QED) is 0.122. The molecule has 3 rings (SSSR count). The number of anilines is 1. The fraction of sp³-hybridized carbons (Fsp3) is 0.115. The number of benzene rings is 3. The molecule has 0 spiro atoms. The van der Waals surface area contributed by atoms with Crippen LogP contribution in [-0.4, -0.2) is 35.4 Å². The minimum absolute atomic E-state index is 0.0691. The smallest absolute Gasteiger partial charge is 0.337 e. The van der Waals surface area contributed by atoms with Crippen molar-refractivity contribution >= 4 is 35.0 Å². The van der Waals surface area contributed by atoms with Crippen LogP contribution in [0.1, 0.15) is 22.8 Å². The Hall–Kier alpha value is -5.77. The minimum atomic E-state index is -0.805. The summed E-state index contributed by atoms with van der Waals surface area (Å²) in [6.45, 7) is 1.89. The number of nitrogens with zero attached hydrogens (tertiary/aromatic N) is 3. The van der Waals surface area contributed by atoms with Crippen molar-refractivity contribution in [3.8, 4) is 23.3 Å². The molecule has 0 aliphatic heterocycles. The Labute approximate surface area is 221 Å². The van der Waals surface area contributed by atoms with Crippen LogP contribution < -0.4 is 14.8 Å². The molecule has 1 amide bonds. The number of esters is 1. The summed E-state index contributed by atoms with van der Waals surface area (Å²) in [5, 5.41) is 34.5. The number of methoxy groups -OCH3 is 1. The van der Waals surface area contributed by atoms with E-state index in [2.05, 4.69) is 10.1 Å². The number of rotatable bonds is 10. The Morgan fingerprint density at radius 1 is 0.974 bits per heavy atom. The Bertz CT molecular complexity index is 1510. The standard InChI is InChI=1S/C26H20N4O9/c1-3-38-24-13-16(4-10-23(24)39-22-11-9-20(29(33)34)14-21(22)30(35)36)12-18(15-27)25(31)28-19-7-5-17(6-8-19)26(32)37-2/h4-14H,3H2,1-2H3,(H,28,31)/b18-12+. The molecule has 0 radical (unpaired) electrons. The zero-order chi connectivity index (χ0) is 28.5. The van der Waals surface area contributed by atoms with Crippen LogP contribution in [-0.2, 0) is 9.53 Å². The largest absolute Gasteiger partial charge is 0.490 e. The highest BCUT2D eigenvalue weighted by Crippen LogP contribution is 2.38. The van der Waals surface area contributed by atoms with Crippen LogP contribution in [0.5, 0.6) is 17.2 Å². The van der Waals surface area contributed by atoms with E-state index < -0.39 is 33.1 Å². The first-order chi connectivity index (χ1) is 18.7. The molecule has 0 saturated heterocycles. The molecule has 0 aliphatic rings. The molecule has 1 N–H and O–H groups in total. The van der Waals surface area contributed by atoms with Gasteiger partial charge < -0.3 is 19.5 Å². The monoisotopic (exact) mass is 532 g/mol. The van der Waals surface area contributed by atoms with Gasteiger partial charge in [-0.05, 0) is 61.0 Å². The number of carbonyl (C=O) groups is 2. The highest BCUT2D eigenvalue weighted by Gasteiger charge is 2.22. The molecule has 0 atom stereocenters. The predicted molar refractivity (Wildman–Crippen MR) is 137 cm³/mol. The summed E-state index contributed by atoms with van der Waals surface area (Å²) in [5.74, 6) is -1.27. The van der Waals surface area contributed by atoms with Crippen LogP contribution in [0.3, 0.4) is 0 Å². The lowest BCUT2D eigenvalue weighted by Gasteiger charge is -2.12.